The number of hydrogen-bond donors (Lipinski definition) is 2. The summed E-state index contributed by atoms with van der Waals surface area (Å²) in [6.45, 7) is 3.14. The van der Waals surface area contributed by atoms with Gasteiger partial charge in [0, 0.05) is 7.05 Å². The molecule has 0 aliphatic heterocycles. The summed E-state index contributed by atoms with van der Waals surface area (Å²) in [4.78, 5) is 11.3. The first-order valence-corrected chi connectivity index (χ1v) is 8.29. The molecule has 124 valence electrons. The van der Waals surface area contributed by atoms with E-state index >= 15 is 0 Å². The van der Waals surface area contributed by atoms with Crippen LogP contribution in [-0.4, -0.2) is 34.3 Å². The number of sulfonamides is 1. The highest BCUT2D eigenvalue weighted by atomic mass is 32.2. The van der Waals surface area contributed by atoms with Crippen LogP contribution in [0.3, 0.4) is 0 Å². The van der Waals surface area contributed by atoms with Gasteiger partial charge in [-0.2, -0.15) is 0 Å². The van der Waals surface area contributed by atoms with Gasteiger partial charge >= 0.3 is 5.97 Å². The molecule has 1 aromatic heterocycles. The SMILES string of the molecule is Cn1cnnc1CNS(=O)(=O)c1ccc(C(C)(C)C(=O)O)cc1. The van der Waals surface area contributed by atoms with E-state index in [1.807, 2.05) is 0 Å². The van der Waals surface area contributed by atoms with Crippen LogP contribution in [0.2, 0.25) is 0 Å². The molecule has 0 spiro atoms. The Kier molecular flexibility index (Phi) is 4.53. The molecule has 0 saturated carbocycles. The molecule has 1 heterocycles. The van der Waals surface area contributed by atoms with Crippen molar-refractivity contribution in [3.63, 3.8) is 0 Å². The number of nitrogens with one attached hydrogen (secondary N) is 1. The van der Waals surface area contributed by atoms with Crippen molar-refractivity contribution in [3.8, 4) is 0 Å². The quantitative estimate of drug-likeness (QED) is 0.799. The second-order valence-corrected chi connectivity index (χ2v) is 7.40. The normalized spacial score (nSPS) is 12.3. The van der Waals surface area contributed by atoms with Gasteiger partial charge in [0.2, 0.25) is 10.0 Å². The maximum Gasteiger partial charge on any atom is 0.313 e. The molecule has 2 rings (SSSR count). The van der Waals surface area contributed by atoms with Crippen LogP contribution < -0.4 is 4.72 Å². The number of carboxylic acid groups (broad SMARTS) is 1. The smallest absolute Gasteiger partial charge is 0.313 e. The molecule has 0 bridgehead atoms. The summed E-state index contributed by atoms with van der Waals surface area (Å²) in [6.07, 6.45) is 1.48. The molecule has 9 heteroatoms. The monoisotopic (exact) mass is 338 g/mol. The summed E-state index contributed by atoms with van der Waals surface area (Å²) in [5.41, 5.74) is -0.564. The van der Waals surface area contributed by atoms with Crippen molar-refractivity contribution in [1.29, 1.82) is 0 Å². The van der Waals surface area contributed by atoms with Crippen LogP contribution >= 0.6 is 0 Å². The van der Waals surface area contributed by atoms with Crippen molar-refractivity contribution < 1.29 is 18.3 Å². The number of carboxylic acids is 1. The van der Waals surface area contributed by atoms with E-state index in [4.69, 9.17) is 0 Å². The Morgan fingerprint density at radius 2 is 1.91 bits per heavy atom. The highest BCUT2D eigenvalue weighted by molar-refractivity contribution is 7.89. The fraction of sp³-hybridized carbons (Fsp3) is 0.357. The Morgan fingerprint density at radius 1 is 1.30 bits per heavy atom. The van der Waals surface area contributed by atoms with Gasteiger partial charge in [-0.1, -0.05) is 12.1 Å². The van der Waals surface area contributed by atoms with Gasteiger partial charge in [-0.3, -0.25) is 4.79 Å². The minimum atomic E-state index is -3.71. The minimum Gasteiger partial charge on any atom is -0.481 e. The van der Waals surface area contributed by atoms with Crippen molar-refractivity contribution >= 4 is 16.0 Å². The fourth-order valence-electron chi connectivity index (χ4n) is 1.88. The number of hydrogen-bond acceptors (Lipinski definition) is 5. The Morgan fingerprint density at radius 3 is 2.39 bits per heavy atom. The number of carbonyl (C=O) groups is 1. The summed E-state index contributed by atoms with van der Waals surface area (Å²) < 4.78 is 28.5. The van der Waals surface area contributed by atoms with E-state index in [9.17, 15) is 18.3 Å². The van der Waals surface area contributed by atoms with Crippen LogP contribution in [0, 0.1) is 0 Å². The second kappa shape index (κ2) is 6.09. The molecular formula is C14H18N4O4S. The average molecular weight is 338 g/mol. The van der Waals surface area contributed by atoms with Gasteiger partial charge < -0.3 is 9.67 Å². The largest absolute Gasteiger partial charge is 0.481 e. The van der Waals surface area contributed by atoms with E-state index in [0.717, 1.165) is 0 Å². The van der Waals surface area contributed by atoms with Crippen LogP contribution in [0.25, 0.3) is 0 Å². The topological polar surface area (TPSA) is 114 Å². The Labute approximate surface area is 134 Å². The molecule has 0 aliphatic carbocycles. The number of aromatic nitrogens is 3. The van der Waals surface area contributed by atoms with E-state index < -0.39 is 21.4 Å². The summed E-state index contributed by atoms with van der Waals surface area (Å²) in [5.74, 6) is -0.495. The molecule has 0 atom stereocenters. The van der Waals surface area contributed by atoms with Crippen LogP contribution in [-0.2, 0) is 33.8 Å². The van der Waals surface area contributed by atoms with Crippen LogP contribution in [0.15, 0.2) is 35.5 Å². The molecule has 2 aromatic rings. The summed E-state index contributed by atoms with van der Waals surface area (Å²) in [7, 11) is -2.00. The van der Waals surface area contributed by atoms with Gasteiger partial charge in [0.15, 0.2) is 0 Å². The van der Waals surface area contributed by atoms with E-state index in [-0.39, 0.29) is 11.4 Å². The lowest BCUT2D eigenvalue weighted by Crippen LogP contribution is -2.29. The third-order valence-corrected chi connectivity index (χ3v) is 5.06. The lowest BCUT2D eigenvalue weighted by molar-refractivity contribution is -0.142. The standard InChI is InChI=1S/C14H18N4O4S/c1-14(2,13(19)20)10-4-6-11(7-5-10)23(21,22)16-8-12-17-15-9-18(12)3/h4-7,9,16H,8H2,1-3H3,(H,19,20). The Balaban J connectivity index is 2.18. The van der Waals surface area contributed by atoms with E-state index in [1.54, 1.807) is 25.5 Å². The molecule has 0 fully saturated rings. The van der Waals surface area contributed by atoms with E-state index in [0.29, 0.717) is 11.4 Å². The van der Waals surface area contributed by atoms with E-state index in [2.05, 4.69) is 14.9 Å². The number of aryl methyl sites for hydroxylation is 1. The number of rotatable bonds is 6. The maximum absolute atomic E-state index is 12.2. The highest BCUT2D eigenvalue weighted by Gasteiger charge is 2.29. The fourth-order valence-corrected chi connectivity index (χ4v) is 2.86. The van der Waals surface area contributed by atoms with Gasteiger partial charge in [-0.25, -0.2) is 13.1 Å². The van der Waals surface area contributed by atoms with Gasteiger partial charge in [0.05, 0.1) is 16.9 Å². The third kappa shape index (κ3) is 3.57. The van der Waals surface area contributed by atoms with Gasteiger partial charge in [0.1, 0.15) is 12.2 Å². The van der Waals surface area contributed by atoms with Crippen molar-refractivity contribution in [2.24, 2.45) is 7.05 Å². The first-order valence-electron chi connectivity index (χ1n) is 6.81. The van der Waals surface area contributed by atoms with Gasteiger partial charge in [-0.05, 0) is 31.5 Å². The zero-order valence-corrected chi connectivity index (χ0v) is 13.8. The zero-order valence-electron chi connectivity index (χ0n) is 13.0. The van der Waals surface area contributed by atoms with Crippen LogP contribution in [0.4, 0.5) is 0 Å². The maximum atomic E-state index is 12.2. The zero-order chi connectivity index (χ0) is 17.3. The van der Waals surface area contributed by atoms with Crippen molar-refractivity contribution in [2.45, 2.75) is 30.7 Å². The average Bonchev–Trinajstić information content (AvgIpc) is 2.90. The molecule has 0 radical (unpaired) electrons. The molecule has 0 unspecified atom stereocenters. The molecule has 23 heavy (non-hydrogen) atoms. The van der Waals surface area contributed by atoms with Gasteiger partial charge in [0.25, 0.3) is 0 Å². The van der Waals surface area contributed by atoms with Gasteiger partial charge in [-0.15, -0.1) is 10.2 Å². The Bertz CT molecular complexity index is 810. The first-order chi connectivity index (χ1) is 10.6. The molecule has 2 N–H and O–H groups in total. The van der Waals surface area contributed by atoms with Crippen molar-refractivity contribution in [3.05, 3.63) is 42.0 Å². The number of nitrogens with zero attached hydrogens (tertiary/aromatic N) is 3. The molecular weight excluding hydrogens is 320 g/mol. The van der Waals surface area contributed by atoms with Crippen LogP contribution in [0.1, 0.15) is 25.2 Å². The lowest BCUT2D eigenvalue weighted by Gasteiger charge is -2.19. The van der Waals surface area contributed by atoms with Crippen molar-refractivity contribution in [2.75, 3.05) is 0 Å². The summed E-state index contributed by atoms with van der Waals surface area (Å²) >= 11 is 0. The predicted molar refractivity (Wildman–Crippen MR) is 82.1 cm³/mol. The molecule has 0 amide bonds. The molecule has 0 saturated heterocycles. The highest BCUT2D eigenvalue weighted by Crippen LogP contribution is 2.24. The molecule has 0 aliphatic rings. The van der Waals surface area contributed by atoms with Crippen molar-refractivity contribution in [1.82, 2.24) is 19.5 Å². The van der Waals surface area contributed by atoms with Crippen LogP contribution in [0.5, 0.6) is 0 Å². The molecule has 1 aromatic carbocycles. The second-order valence-electron chi connectivity index (χ2n) is 5.64. The summed E-state index contributed by atoms with van der Waals surface area (Å²) in [5, 5.41) is 16.7. The molecule has 8 nitrogen and oxygen atoms in total. The lowest BCUT2D eigenvalue weighted by atomic mass is 9.85. The first kappa shape index (κ1) is 17.1. The number of aliphatic carboxylic acids is 1. The van der Waals surface area contributed by atoms with E-state index in [1.165, 1.54) is 30.6 Å². The Hall–Kier alpha value is -2.26. The predicted octanol–water partition coefficient (Wildman–Crippen LogP) is 0.656. The number of benzene rings is 1. The summed E-state index contributed by atoms with van der Waals surface area (Å²) in [6, 6.07) is 5.79. The third-order valence-electron chi connectivity index (χ3n) is 3.65. The minimum absolute atomic E-state index is 0.0151.